The summed E-state index contributed by atoms with van der Waals surface area (Å²) in [6.07, 6.45) is 0.683. The summed E-state index contributed by atoms with van der Waals surface area (Å²) in [6, 6.07) is 11.1. The van der Waals surface area contributed by atoms with E-state index >= 15 is 0 Å². The lowest BCUT2D eigenvalue weighted by Gasteiger charge is -2.14. The lowest BCUT2D eigenvalue weighted by atomic mass is 10.1. The number of hydrogen-bond donors (Lipinski definition) is 2. The molecule has 0 atom stereocenters. The Morgan fingerprint density at radius 2 is 1.60 bits per heavy atom. The summed E-state index contributed by atoms with van der Waals surface area (Å²) < 4.78 is 15.8. The van der Waals surface area contributed by atoms with Gasteiger partial charge in [0.25, 0.3) is 0 Å². The zero-order valence-electron chi connectivity index (χ0n) is 15.0. The number of aryl methyl sites for hydroxylation is 1. The molecular weight excluding hydrogens is 320 g/mol. The highest BCUT2D eigenvalue weighted by molar-refractivity contribution is 5.90. The Morgan fingerprint density at radius 1 is 0.960 bits per heavy atom. The molecule has 0 saturated carbocycles. The first kappa shape index (κ1) is 18.4. The van der Waals surface area contributed by atoms with Crippen LogP contribution in [0, 0.1) is 6.92 Å². The normalized spacial score (nSPS) is 10.1. The Kier molecular flexibility index (Phi) is 6.51. The minimum Gasteiger partial charge on any atom is -0.496 e. The third-order valence-electron chi connectivity index (χ3n) is 3.85. The molecule has 0 aromatic heterocycles. The van der Waals surface area contributed by atoms with E-state index in [1.807, 2.05) is 37.3 Å². The molecular formula is C19H24N2O4. The highest BCUT2D eigenvalue weighted by Gasteiger charge is 2.11. The van der Waals surface area contributed by atoms with Crippen LogP contribution in [0.5, 0.6) is 17.2 Å². The Bertz CT molecular complexity index is 731. The number of rotatable bonds is 7. The standard InChI is InChI=1S/C19H24N2O4/c1-13-11-17(24-3)18(25-4)12-15(13)21-19(22)20-10-9-14-7-5-6-8-16(14)23-2/h5-8,11-12H,9-10H2,1-4H3,(H2,20,21,22). The van der Waals surface area contributed by atoms with Crippen LogP contribution in [0.1, 0.15) is 11.1 Å². The Balaban J connectivity index is 1.94. The zero-order valence-corrected chi connectivity index (χ0v) is 15.0. The molecule has 0 bridgehead atoms. The summed E-state index contributed by atoms with van der Waals surface area (Å²) in [5, 5.41) is 5.68. The molecule has 25 heavy (non-hydrogen) atoms. The van der Waals surface area contributed by atoms with Crippen LogP contribution in [-0.2, 0) is 6.42 Å². The van der Waals surface area contributed by atoms with Crippen molar-refractivity contribution >= 4 is 11.7 Å². The molecule has 2 rings (SSSR count). The average Bonchev–Trinajstić information content (AvgIpc) is 2.63. The monoisotopic (exact) mass is 344 g/mol. The summed E-state index contributed by atoms with van der Waals surface area (Å²) in [4.78, 5) is 12.1. The summed E-state index contributed by atoms with van der Waals surface area (Å²) in [5.74, 6) is 2.01. The molecule has 0 fully saturated rings. The topological polar surface area (TPSA) is 68.8 Å². The van der Waals surface area contributed by atoms with Crippen LogP contribution in [0.4, 0.5) is 10.5 Å². The first-order chi connectivity index (χ1) is 12.1. The number of benzene rings is 2. The van der Waals surface area contributed by atoms with Gasteiger partial charge in [-0.25, -0.2) is 4.79 Å². The van der Waals surface area contributed by atoms with E-state index in [-0.39, 0.29) is 6.03 Å². The number of amides is 2. The maximum absolute atomic E-state index is 12.1. The van der Waals surface area contributed by atoms with Crippen molar-refractivity contribution < 1.29 is 19.0 Å². The maximum Gasteiger partial charge on any atom is 0.319 e. The number of para-hydroxylation sites is 1. The molecule has 2 aromatic carbocycles. The SMILES string of the molecule is COc1ccccc1CCNC(=O)Nc1cc(OC)c(OC)cc1C. The van der Waals surface area contributed by atoms with Crippen LogP contribution in [0.15, 0.2) is 36.4 Å². The molecule has 0 unspecified atom stereocenters. The molecule has 0 spiro atoms. The van der Waals surface area contributed by atoms with Gasteiger partial charge in [-0.15, -0.1) is 0 Å². The number of anilines is 1. The zero-order chi connectivity index (χ0) is 18.2. The molecule has 2 amide bonds. The second-order valence-corrected chi connectivity index (χ2v) is 5.46. The number of carbonyl (C=O) groups excluding carboxylic acids is 1. The van der Waals surface area contributed by atoms with Crippen LogP contribution in [0.2, 0.25) is 0 Å². The first-order valence-electron chi connectivity index (χ1n) is 7.98. The number of nitrogens with one attached hydrogen (secondary N) is 2. The van der Waals surface area contributed by atoms with Gasteiger partial charge < -0.3 is 24.8 Å². The molecule has 134 valence electrons. The summed E-state index contributed by atoms with van der Waals surface area (Å²) in [7, 11) is 4.78. The van der Waals surface area contributed by atoms with Crippen molar-refractivity contribution in [2.45, 2.75) is 13.3 Å². The van der Waals surface area contributed by atoms with Crippen LogP contribution in [0.25, 0.3) is 0 Å². The van der Waals surface area contributed by atoms with E-state index in [0.717, 1.165) is 16.9 Å². The van der Waals surface area contributed by atoms with E-state index in [1.54, 1.807) is 27.4 Å². The minimum absolute atomic E-state index is 0.273. The molecule has 0 radical (unpaired) electrons. The molecule has 0 aliphatic heterocycles. The van der Waals surface area contributed by atoms with Gasteiger partial charge in [0.05, 0.1) is 21.3 Å². The molecule has 0 heterocycles. The fourth-order valence-corrected chi connectivity index (χ4v) is 2.50. The van der Waals surface area contributed by atoms with Gasteiger partial charge in [0.1, 0.15) is 5.75 Å². The number of urea groups is 1. The largest absolute Gasteiger partial charge is 0.496 e. The fraction of sp³-hybridized carbons (Fsp3) is 0.316. The highest BCUT2D eigenvalue weighted by Crippen LogP contribution is 2.32. The smallest absolute Gasteiger partial charge is 0.319 e. The van der Waals surface area contributed by atoms with E-state index in [1.165, 1.54) is 0 Å². The van der Waals surface area contributed by atoms with Gasteiger partial charge in [0.2, 0.25) is 0 Å². The average molecular weight is 344 g/mol. The van der Waals surface area contributed by atoms with Gasteiger partial charge >= 0.3 is 6.03 Å². The van der Waals surface area contributed by atoms with E-state index in [9.17, 15) is 4.79 Å². The molecule has 2 aromatic rings. The molecule has 0 saturated heterocycles. The first-order valence-corrected chi connectivity index (χ1v) is 7.98. The van der Waals surface area contributed by atoms with Gasteiger partial charge in [-0.2, -0.15) is 0 Å². The van der Waals surface area contributed by atoms with Gasteiger partial charge in [-0.1, -0.05) is 18.2 Å². The van der Waals surface area contributed by atoms with Gasteiger partial charge in [-0.05, 0) is 36.6 Å². The second kappa shape index (κ2) is 8.82. The van der Waals surface area contributed by atoms with Crippen molar-refractivity contribution in [2.75, 3.05) is 33.2 Å². The molecule has 0 aliphatic carbocycles. The van der Waals surface area contributed by atoms with E-state index in [0.29, 0.717) is 30.2 Å². The molecule has 6 heteroatoms. The number of ether oxygens (including phenoxy) is 3. The molecule has 2 N–H and O–H groups in total. The molecule has 6 nitrogen and oxygen atoms in total. The Morgan fingerprint density at radius 3 is 2.28 bits per heavy atom. The van der Waals surface area contributed by atoms with Crippen molar-refractivity contribution in [1.29, 1.82) is 0 Å². The third kappa shape index (κ3) is 4.79. The summed E-state index contributed by atoms with van der Waals surface area (Å²) in [5.41, 5.74) is 2.61. The highest BCUT2D eigenvalue weighted by atomic mass is 16.5. The second-order valence-electron chi connectivity index (χ2n) is 5.46. The lowest BCUT2D eigenvalue weighted by Crippen LogP contribution is -2.30. The van der Waals surface area contributed by atoms with Crippen molar-refractivity contribution in [3.63, 3.8) is 0 Å². The summed E-state index contributed by atoms with van der Waals surface area (Å²) in [6.45, 7) is 2.39. The van der Waals surface area contributed by atoms with Crippen molar-refractivity contribution in [3.05, 3.63) is 47.5 Å². The number of hydrogen-bond acceptors (Lipinski definition) is 4. The van der Waals surface area contributed by atoms with Crippen molar-refractivity contribution in [1.82, 2.24) is 5.32 Å². The van der Waals surface area contributed by atoms with Crippen LogP contribution >= 0.6 is 0 Å². The van der Waals surface area contributed by atoms with Gasteiger partial charge in [0.15, 0.2) is 11.5 Å². The van der Waals surface area contributed by atoms with E-state index < -0.39 is 0 Å². The van der Waals surface area contributed by atoms with E-state index in [4.69, 9.17) is 14.2 Å². The number of carbonyl (C=O) groups is 1. The van der Waals surface area contributed by atoms with E-state index in [2.05, 4.69) is 10.6 Å². The maximum atomic E-state index is 12.1. The Hall–Kier alpha value is -2.89. The predicted octanol–water partition coefficient (Wildman–Crippen LogP) is 3.39. The van der Waals surface area contributed by atoms with Crippen molar-refractivity contribution in [2.24, 2.45) is 0 Å². The van der Waals surface area contributed by atoms with Crippen LogP contribution in [-0.4, -0.2) is 33.9 Å². The Labute approximate surface area is 148 Å². The van der Waals surface area contributed by atoms with Crippen LogP contribution in [0.3, 0.4) is 0 Å². The lowest BCUT2D eigenvalue weighted by molar-refractivity contribution is 0.252. The third-order valence-corrected chi connectivity index (χ3v) is 3.85. The van der Waals surface area contributed by atoms with Crippen LogP contribution < -0.4 is 24.8 Å². The van der Waals surface area contributed by atoms with Crippen molar-refractivity contribution in [3.8, 4) is 17.2 Å². The number of methoxy groups -OCH3 is 3. The predicted molar refractivity (Wildman–Crippen MR) is 98.0 cm³/mol. The summed E-state index contributed by atoms with van der Waals surface area (Å²) >= 11 is 0. The minimum atomic E-state index is -0.273. The fourth-order valence-electron chi connectivity index (χ4n) is 2.50. The quantitative estimate of drug-likeness (QED) is 0.808. The van der Waals surface area contributed by atoms with Gasteiger partial charge in [0, 0.05) is 18.3 Å². The molecule has 0 aliphatic rings. The van der Waals surface area contributed by atoms with Gasteiger partial charge in [-0.3, -0.25) is 0 Å².